The molecule has 4 nitrogen and oxygen atoms in total. The molecule has 2 N–H and O–H groups in total. The number of aryl methyl sites for hydroxylation is 1. The minimum atomic E-state index is -0.790. The predicted octanol–water partition coefficient (Wildman–Crippen LogP) is 6.37. The number of anilines is 1. The summed E-state index contributed by atoms with van der Waals surface area (Å²) in [6, 6.07) is 6.18. The van der Waals surface area contributed by atoms with E-state index in [1.807, 2.05) is 26.6 Å². The summed E-state index contributed by atoms with van der Waals surface area (Å²) in [6.45, 7) is 18.8. The number of carbonyl (C=O) groups is 2. The highest BCUT2D eigenvalue weighted by Crippen LogP contribution is 2.25. The molecule has 1 aromatic rings. The van der Waals surface area contributed by atoms with Gasteiger partial charge in [0.25, 0.3) is 0 Å². The second-order valence-electron chi connectivity index (χ2n) is 6.01. The molecule has 0 spiro atoms. The lowest BCUT2D eigenvalue weighted by atomic mass is 9.92. The number of hydrogen-bond acceptors (Lipinski definition) is 4. The smallest absolute Gasteiger partial charge is 0.158 e. The Kier molecular flexibility index (Phi) is 21.3. The minimum Gasteiger partial charge on any atom is -0.490 e. The van der Waals surface area contributed by atoms with Crippen molar-refractivity contribution in [2.45, 2.75) is 52.9 Å². The zero-order valence-electron chi connectivity index (χ0n) is 18.1. The number of hydrogen-bond donors (Lipinski definition) is 1. The van der Waals surface area contributed by atoms with Crippen molar-refractivity contribution < 1.29 is 23.1 Å². The van der Waals surface area contributed by atoms with Crippen molar-refractivity contribution in [1.82, 2.24) is 0 Å². The number of nitrogens with two attached hydrogens (primary N) is 1. The van der Waals surface area contributed by atoms with Crippen LogP contribution in [0.4, 0.5) is 14.5 Å². The molecule has 0 aliphatic rings. The van der Waals surface area contributed by atoms with Crippen LogP contribution in [-0.2, 0) is 14.3 Å². The van der Waals surface area contributed by atoms with Gasteiger partial charge in [-0.2, -0.15) is 0 Å². The minimum absolute atomic E-state index is 0.190. The molecule has 0 aliphatic carbocycles. The third-order valence-electron chi connectivity index (χ3n) is 3.57. The third kappa shape index (κ3) is 15.9. The Balaban J connectivity index is -0.000000399. The lowest BCUT2D eigenvalue weighted by molar-refractivity contribution is -0.0987. The zero-order valence-corrected chi connectivity index (χ0v) is 18.1. The number of nitrogen functional groups attached to an aromatic ring is 1. The first kappa shape index (κ1) is 31.0. The molecule has 0 fully saturated rings. The molecule has 1 atom stereocenters. The van der Waals surface area contributed by atoms with Gasteiger partial charge in [0.1, 0.15) is 19.4 Å². The predicted molar refractivity (Wildman–Crippen MR) is 118 cm³/mol. The Morgan fingerprint density at radius 1 is 1.14 bits per heavy atom. The summed E-state index contributed by atoms with van der Waals surface area (Å²) in [6.07, 6.45) is 4.07. The summed E-state index contributed by atoms with van der Waals surface area (Å²) in [5.41, 5.74) is 9.40. The van der Waals surface area contributed by atoms with Crippen LogP contribution in [0.15, 0.2) is 54.8 Å². The summed E-state index contributed by atoms with van der Waals surface area (Å²) >= 11 is 0. The van der Waals surface area contributed by atoms with Gasteiger partial charge < -0.3 is 20.1 Å². The van der Waals surface area contributed by atoms with Crippen LogP contribution in [0.2, 0.25) is 0 Å². The number of ether oxygens (including phenoxy) is 1. The monoisotopic (exact) mass is 411 g/mol. The van der Waals surface area contributed by atoms with Gasteiger partial charge in [-0.3, -0.25) is 0 Å². The molecular formula is C23H35F2NO3. The SMILES string of the molecule is C=C(F)/C=C(/OCCC)C(=C)F.C=O.C=O.CCCC(C)c1cc(N)ccc1C. The first-order valence-electron chi connectivity index (χ1n) is 9.20. The van der Waals surface area contributed by atoms with Crippen LogP contribution in [0.1, 0.15) is 57.1 Å². The molecule has 0 amide bonds. The topological polar surface area (TPSA) is 69.4 Å². The number of rotatable bonds is 8. The van der Waals surface area contributed by atoms with Crippen molar-refractivity contribution in [2.75, 3.05) is 12.3 Å². The van der Waals surface area contributed by atoms with E-state index in [2.05, 4.69) is 46.1 Å². The van der Waals surface area contributed by atoms with Gasteiger partial charge in [-0.05, 0) is 48.9 Å². The maximum absolute atomic E-state index is 12.5. The summed E-state index contributed by atoms with van der Waals surface area (Å²) < 4.78 is 29.5. The first-order chi connectivity index (χ1) is 13.7. The highest BCUT2D eigenvalue weighted by atomic mass is 19.1. The normalized spacial score (nSPS) is 10.6. The van der Waals surface area contributed by atoms with Gasteiger partial charge in [-0.15, -0.1) is 0 Å². The highest BCUT2D eigenvalue weighted by Gasteiger charge is 2.07. The quantitative estimate of drug-likeness (QED) is 0.306. The van der Waals surface area contributed by atoms with Crippen molar-refractivity contribution in [3.05, 3.63) is 66.0 Å². The molecule has 0 bridgehead atoms. The average molecular weight is 412 g/mol. The summed E-state index contributed by atoms with van der Waals surface area (Å²) in [5, 5.41) is 0. The molecule has 164 valence electrons. The number of halogens is 2. The zero-order chi connectivity index (χ0) is 23.4. The maximum Gasteiger partial charge on any atom is 0.158 e. The Labute approximate surface area is 174 Å². The molecule has 0 saturated heterocycles. The molecule has 0 aliphatic heterocycles. The number of benzene rings is 1. The molecule has 1 unspecified atom stereocenters. The lowest BCUT2D eigenvalue weighted by Gasteiger charge is -2.14. The van der Waals surface area contributed by atoms with Crippen LogP contribution in [0.25, 0.3) is 0 Å². The van der Waals surface area contributed by atoms with Gasteiger partial charge in [0, 0.05) is 11.8 Å². The van der Waals surface area contributed by atoms with Crippen molar-refractivity contribution in [3.8, 4) is 0 Å². The van der Waals surface area contributed by atoms with Crippen LogP contribution in [0.5, 0.6) is 0 Å². The summed E-state index contributed by atoms with van der Waals surface area (Å²) in [4.78, 5) is 16.0. The second kappa shape index (κ2) is 20.0. The molecule has 1 rings (SSSR count). The van der Waals surface area contributed by atoms with Crippen LogP contribution >= 0.6 is 0 Å². The molecular weight excluding hydrogens is 376 g/mol. The van der Waals surface area contributed by atoms with Crippen molar-refractivity contribution in [2.24, 2.45) is 0 Å². The molecule has 1 aromatic carbocycles. The van der Waals surface area contributed by atoms with E-state index >= 15 is 0 Å². The van der Waals surface area contributed by atoms with Gasteiger partial charge >= 0.3 is 0 Å². The van der Waals surface area contributed by atoms with Crippen LogP contribution < -0.4 is 5.73 Å². The summed E-state index contributed by atoms with van der Waals surface area (Å²) in [7, 11) is 0. The average Bonchev–Trinajstić information content (AvgIpc) is 2.70. The van der Waals surface area contributed by atoms with Gasteiger partial charge in [0.05, 0.1) is 6.61 Å². The van der Waals surface area contributed by atoms with E-state index in [-0.39, 0.29) is 5.76 Å². The van der Waals surface area contributed by atoms with Crippen molar-refractivity contribution in [3.63, 3.8) is 0 Å². The van der Waals surface area contributed by atoms with E-state index in [0.29, 0.717) is 12.5 Å². The van der Waals surface area contributed by atoms with E-state index in [0.717, 1.165) is 18.2 Å². The van der Waals surface area contributed by atoms with Gasteiger partial charge in [0.15, 0.2) is 11.6 Å². The second-order valence-corrected chi connectivity index (χ2v) is 6.01. The van der Waals surface area contributed by atoms with E-state index in [1.165, 1.54) is 24.0 Å². The third-order valence-corrected chi connectivity index (χ3v) is 3.57. The van der Waals surface area contributed by atoms with Crippen molar-refractivity contribution in [1.29, 1.82) is 0 Å². The van der Waals surface area contributed by atoms with Gasteiger partial charge in [0.2, 0.25) is 0 Å². The maximum atomic E-state index is 12.5. The standard InChI is InChI=1S/C12H19N.C9H12F2O.2CH2O/c1-4-5-9(2)12-8-11(13)7-6-10(12)3;1-4-5-12-9(8(3)11)6-7(2)10;2*1-2/h6-9H,4-5,13H2,1-3H3;6H,2-5H2,1H3;2*1H2/b;9-6+;;. The van der Waals surface area contributed by atoms with E-state index in [1.54, 1.807) is 0 Å². The van der Waals surface area contributed by atoms with Crippen LogP contribution in [0, 0.1) is 6.92 Å². The van der Waals surface area contributed by atoms with Gasteiger partial charge in [-0.1, -0.05) is 46.4 Å². The first-order valence-corrected chi connectivity index (χ1v) is 9.20. The Morgan fingerprint density at radius 3 is 2.10 bits per heavy atom. The Hall–Kier alpha value is -2.76. The molecule has 6 heteroatoms. The molecule has 0 heterocycles. The molecule has 0 radical (unpaired) electrons. The fraction of sp³-hybridized carbons (Fsp3) is 0.391. The molecule has 0 aromatic heterocycles. The van der Waals surface area contributed by atoms with Crippen molar-refractivity contribution >= 4 is 19.3 Å². The fourth-order valence-corrected chi connectivity index (χ4v) is 2.33. The lowest BCUT2D eigenvalue weighted by Crippen LogP contribution is -1.98. The Bertz CT molecular complexity index is 629. The Morgan fingerprint density at radius 2 is 1.69 bits per heavy atom. The van der Waals surface area contributed by atoms with Crippen LogP contribution in [-0.4, -0.2) is 20.2 Å². The van der Waals surface area contributed by atoms with E-state index < -0.39 is 11.7 Å². The number of allylic oxidation sites excluding steroid dienone is 3. The number of carbonyl (C=O) groups excluding carboxylic acids is 2. The van der Waals surface area contributed by atoms with Crippen LogP contribution in [0.3, 0.4) is 0 Å². The molecule has 0 saturated carbocycles. The van der Waals surface area contributed by atoms with E-state index in [9.17, 15) is 8.78 Å². The highest BCUT2D eigenvalue weighted by molar-refractivity contribution is 5.45. The van der Waals surface area contributed by atoms with Gasteiger partial charge in [-0.25, -0.2) is 8.78 Å². The summed E-state index contributed by atoms with van der Waals surface area (Å²) in [5.74, 6) is -1.10. The largest absolute Gasteiger partial charge is 0.490 e. The fourth-order valence-electron chi connectivity index (χ4n) is 2.33. The van der Waals surface area contributed by atoms with E-state index in [4.69, 9.17) is 20.1 Å². The molecule has 29 heavy (non-hydrogen) atoms.